The molecule has 0 spiro atoms. The molecule has 0 aliphatic rings. The third kappa shape index (κ3) is 7.21. The summed E-state index contributed by atoms with van der Waals surface area (Å²) in [4.78, 5) is 13.2. The van der Waals surface area contributed by atoms with Crippen LogP contribution in [0.25, 0.3) is 0 Å². The van der Waals surface area contributed by atoms with E-state index in [1.54, 1.807) is 0 Å². The minimum absolute atomic E-state index is 0.117. The highest BCUT2D eigenvalue weighted by atomic mass is 32.2. The van der Waals surface area contributed by atoms with Crippen molar-refractivity contribution in [2.75, 3.05) is 38.8 Å². The summed E-state index contributed by atoms with van der Waals surface area (Å²) in [5.74, 6) is 1.07. The Labute approximate surface area is 91.2 Å². The maximum atomic E-state index is 10.9. The van der Waals surface area contributed by atoms with Crippen LogP contribution < -0.4 is 0 Å². The molecule has 14 heavy (non-hydrogen) atoms. The number of hydrogen-bond donors (Lipinski definition) is 0. The maximum absolute atomic E-state index is 10.9. The summed E-state index contributed by atoms with van der Waals surface area (Å²) in [7, 11) is 1.44. The number of rotatable bonds is 8. The van der Waals surface area contributed by atoms with Gasteiger partial charge in [0, 0.05) is 6.54 Å². The van der Waals surface area contributed by atoms with Crippen LogP contribution in [0.5, 0.6) is 0 Å². The van der Waals surface area contributed by atoms with Gasteiger partial charge in [-0.05, 0) is 31.5 Å². The predicted octanol–water partition coefficient (Wildman–Crippen LogP) is 1.62. The van der Waals surface area contributed by atoms with E-state index in [2.05, 4.69) is 22.8 Å². The Kier molecular flexibility index (Phi) is 9.19. The topological polar surface area (TPSA) is 29.5 Å². The third-order valence-corrected chi connectivity index (χ3v) is 2.83. The van der Waals surface area contributed by atoms with Crippen molar-refractivity contribution in [2.45, 2.75) is 19.8 Å². The van der Waals surface area contributed by atoms with E-state index in [1.165, 1.54) is 19.3 Å². The molecule has 3 nitrogen and oxygen atoms in total. The summed E-state index contributed by atoms with van der Waals surface area (Å²) in [6, 6.07) is 0. The Balaban J connectivity index is 3.52. The quantitative estimate of drug-likeness (QED) is 0.458. The molecule has 0 saturated carbocycles. The molecule has 0 radical (unpaired) electrons. The number of esters is 1. The Morgan fingerprint density at radius 3 is 2.64 bits per heavy atom. The minimum atomic E-state index is -0.117. The second-order valence-electron chi connectivity index (χ2n) is 3.11. The van der Waals surface area contributed by atoms with Gasteiger partial charge in [0.05, 0.1) is 13.5 Å². The molecule has 0 aliphatic carbocycles. The van der Waals surface area contributed by atoms with Crippen molar-refractivity contribution in [1.29, 1.82) is 0 Å². The fraction of sp³-hybridized carbons (Fsp3) is 0.900. The summed E-state index contributed by atoms with van der Waals surface area (Å²) < 4.78 is 4.60. The van der Waals surface area contributed by atoms with E-state index < -0.39 is 0 Å². The Morgan fingerprint density at radius 2 is 2.14 bits per heavy atom. The van der Waals surface area contributed by atoms with Crippen molar-refractivity contribution in [3.8, 4) is 0 Å². The highest BCUT2D eigenvalue weighted by molar-refractivity contribution is 7.98. The van der Waals surface area contributed by atoms with Gasteiger partial charge in [-0.15, -0.1) is 0 Å². The van der Waals surface area contributed by atoms with E-state index in [0.29, 0.717) is 6.42 Å². The highest BCUT2D eigenvalue weighted by Crippen LogP contribution is 1.99. The fourth-order valence-corrected chi connectivity index (χ4v) is 1.63. The van der Waals surface area contributed by atoms with Crippen LogP contribution in [0.3, 0.4) is 0 Å². The smallest absolute Gasteiger partial charge is 0.306 e. The number of carbonyl (C=O) groups is 1. The van der Waals surface area contributed by atoms with E-state index in [1.807, 2.05) is 11.8 Å². The molecular weight excluding hydrogens is 198 g/mol. The zero-order valence-electron chi connectivity index (χ0n) is 9.41. The first-order chi connectivity index (χ1) is 6.74. The van der Waals surface area contributed by atoms with Crippen LogP contribution in [0.15, 0.2) is 0 Å². The zero-order chi connectivity index (χ0) is 10.8. The first kappa shape index (κ1) is 13.8. The van der Waals surface area contributed by atoms with Gasteiger partial charge in [0.2, 0.25) is 0 Å². The molecule has 0 bridgehead atoms. The van der Waals surface area contributed by atoms with Crippen LogP contribution in [0.2, 0.25) is 0 Å². The van der Waals surface area contributed by atoms with E-state index in [-0.39, 0.29) is 5.97 Å². The Bertz CT molecular complexity index is 153. The molecule has 0 heterocycles. The summed E-state index contributed by atoms with van der Waals surface area (Å²) in [5.41, 5.74) is 0. The van der Waals surface area contributed by atoms with Gasteiger partial charge in [0.25, 0.3) is 0 Å². The largest absolute Gasteiger partial charge is 0.469 e. The molecule has 0 fully saturated rings. The molecule has 0 rings (SSSR count). The second-order valence-corrected chi connectivity index (χ2v) is 4.09. The molecule has 0 aromatic rings. The van der Waals surface area contributed by atoms with Gasteiger partial charge < -0.3 is 9.64 Å². The molecule has 4 heteroatoms. The maximum Gasteiger partial charge on any atom is 0.306 e. The number of thioether (sulfide) groups is 1. The van der Waals surface area contributed by atoms with Crippen LogP contribution in [-0.2, 0) is 9.53 Å². The van der Waals surface area contributed by atoms with Gasteiger partial charge in [-0.3, -0.25) is 4.79 Å². The number of methoxy groups -OCH3 is 1. The van der Waals surface area contributed by atoms with Crippen molar-refractivity contribution >= 4 is 17.7 Å². The standard InChI is InChI=1S/C10H21NO2S/c1-4-11(7-5-9-14-3)8-6-10(12)13-2/h4-9H2,1-3H3. The fourth-order valence-electron chi connectivity index (χ4n) is 1.21. The minimum Gasteiger partial charge on any atom is -0.469 e. The van der Waals surface area contributed by atoms with Gasteiger partial charge >= 0.3 is 5.97 Å². The third-order valence-electron chi connectivity index (χ3n) is 2.13. The van der Waals surface area contributed by atoms with Gasteiger partial charge in [-0.25, -0.2) is 0 Å². The second kappa shape index (κ2) is 9.34. The van der Waals surface area contributed by atoms with Crippen LogP contribution in [0.4, 0.5) is 0 Å². The van der Waals surface area contributed by atoms with Crippen LogP contribution in [0.1, 0.15) is 19.8 Å². The SMILES string of the molecule is CCN(CCCSC)CCC(=O)OC. The molecule has 0 saturated heterocycles. The number of carbonyl (C=O) groups excluding carboxylic acids is 1. The van der Waals surface area contributed by atoms with Crippen LogP contribution >= 0.6 is 11.8 Å². The Morgan fingerprint density at radius 1 is 1.43 bits per heavy atom. The number of hydrogen-bond acceptors (Lipinski definition) is 4. The molecule has 0 aromatic carbocycles. The first-order valence-electron chi connectivity index (χ1n) is 5.02. The van der Waals surface area contributed by atoms with Crippen LogP contribution in [-0.4, -0.2) is 49.6 Å². The van der Waals surface area contributed by atoms with Gasteiger partial charge in [-0.2, -0.15) is 11.8 Å². The van der Waals surface area contributed by atoms with Crippen molar-refractivity contribution in [3.63, 3.8) is 0 Å². The summed E-state index contributed by atoms with van der Waals surface area (Å²) >= 11 is 1.86. The molecule has 0 atom stereocenters. The lowest BCUT2D eigenvalue weighted by atomic mass is 10.3. The lowest BCUT2D eigenvalue weighted by Crippen LogP contribution is -2.27. The number of ether oxygens (including phenoxy) is 1. The van der Waals surface area contributed by atoms with Crippen molar-refractivity contribution in [2.24, 2.45) is 0 Å². The molecular formula is C10H21NO2S. The van der Waals surface area contributed by atoms with Gasteiger partial charge in [0.15, 0.2) is 0 Å². The normalized spacial score (nSPS) is 10.6. The van der Waals surface area contributed by atoms with Gasteiger partial charge in [-0.1, -0.05) is 6.92 Å². The van der Waals surface area contributed by atoms with Gasteiger partial charge in [0.1, 0.15) is 0 Å². The summed E-state index contributed by atoms with van der Waals surface area (Å²) in [6.45, 7) is 5.02. The van der Waals surface area contributed by atoms with Crippen molar-refractivity contribution in [3.05, 3.63) is 0 Å². The van der Waals surface area contributed by atoms with Crippen molar-refractivity contribution < 1.29 is 9.53 Å². The highest BCUT2D eigenvalue weighted by Gasteiger charge is 2.05. The molecule has 0 N–H and O–H groups in total. The van der Waals surface area contributed by atoms with E-state index in [9.17, 15) is 4.79 Å². The van der Waals surface area contributed by atoms with E-state index in [4.69, 9.17) is 0 Å². The van der Waals surface area contributed by atoms with E-state index >= 15 is 0 Å². The molecule has 0 unspecified atom stereocenters. The molecule has 0 amide bonds. The monoisotopic (exact) mass is 219 g/mol. The molecule has 0 aromatic heterocycles. The van der Waals surface area contributed by atoms with Crippen LogP contribution in [0, 0.1) is 0 Å². The molecule has 84 valence electrons. The zero-order valence-corrected chi connectivity index (χ0v) is 10.2. The first-order valence-corrected chi connectivity index (χ1v) is 6.42. The average molecular weight is 219 g/mol. The molecule has 0 aliphatic heterocycles. The number of nitrogens with zero attached hydrogens (tertiary/aromatic N) is 1. The predicted molar refractivity (Wildman–Crippen MR) is 61.7 cm³/mol. The summed E-state index contributed by atoms with van der Waals surface area (Å²) in [5, 5.41) is 0. The lowest BCUT2D eigenvalue weighted by molar-refractivity contribution is -0.140. The average Bonchev–Trinajstić information content (AvgIpc) is 2.22. The van der Waals surface area contributed by atoms with Crippen molar-refractivity contribution in [1.82, 2.24) is 4.90 Å². The van der Waals surface area contributed by atoms with E-state index in [0.717, 1.165) is 19.6 Å². The summed E-state index contributed by atoms with van der Waals surface area (Å²) in [6.07, 6.45) is 3.81. The lowest BCUT2D eigenvalue weighted by Gasteiger charge is -2.19. The Hall–Kier alpha value is -0.220.